The molecule has 1 aliphatic rings. The van der Waals surface area contributed by atoms with E-state index in [1.807, 2.05) is 17.6 Å². The van der Waals surface area contributed by atoms with Crippen LogP contribution >= 0.6 is 12.2 Å². The third kappa shape index (κ3) is 3.08. The number of methoxy groups -OCH3 is 1. The second-order valence-electron chi connectivity index (χ2n) is 6.90. The number of hydrogen-bond donors (Lipinski definition) is 1. The van der Waals surface area contributed by atoms with Crippen LogP contribution in [0.2, 0.25) is 0 Å². The van der Waals surface area contributed by atoms with Crippen molar-refractivity contribution in [3.8, 4) is 11.4 Å². The van der Waals surface area contributed by atoms with Crippen molar-refractivity contribution >= 4 is 12.2 Å². The van der Waals surface area contributed by atoms with Gasteiger partial charge in [0.15, 0.2) is 16.4 Å². The third-order valence-electron chi connectivity index (χ3n) is 5.26. The highest BCUT2D eigenvalue weighted by Gasteiger charge is 2.28. The van der Waals surface area contributed by atoms with Crippen molar-refractivity contribution in [2.24, 2.45) is 0 Å². The lowest BCUT2D eigenvalue weighted by Crippen LogP contribution is -2.15. The first-order valence-corrected chi connectivity index (χ1v) is 9.34. The topological polar surface area (TPSA) is 29.9 Å². The van der Waals surface area contributed by atoms with Gasteiger partial charge in [-0.25, -0.2) is 8.78 Å². The van der Waals surface area contributed by atoms with Crippen LogP contribution in [0.3, 0.4) is 0 Å². The number of halogens is 2. The Bertz CT molecular complexity index is 1070. The Labute approximate surface area is 161 Å². The molecule has 4 rings (SSSR count). The van der Waals surface area contributed by atoms with E-state index in [1.54, 1.807) is 13.2 Å². The molecule has 3 aromatic rings. The highest BCUT2D eigenvalue weighted by Crippen LogP contribution is 2.39. The van der Waals surface area contributed by atoms with Gasteiger partial charge in [-0.2, -0.15) is 0 Å². The van der Waals surface area contributed by atoms with E-state index < -0.39 is 11.6 Å². The van der Waals surface area contributed by atoms with Gasteiger partial charge >= 0.3 is 0 Å². The van der Waals surface area contributed by atoms with Gasteiger partial charge in [0.05, 0.1) is 18.5 Å². The molecule has 0 saturated carbocycles. The Morgan fingerprint density at radius 1 is 1.15 bits per heavy atom. The highest BCUT2D eigenvalue weighted by molar-refractivity contribution is 7.71. The summed E-state index contributed by atoms with van der Waals surface area (Å²) in [5.74, 6) is -0.805. The SMILES string of the molecule is COc1cc(C2CCCc3[nH]c(=S)n(-c4ccc(F)c(F)c4)c32)ccc1C. The zero-order chi connectivity index (χ0) is 19.1. The summed E-state index contributed by atoms with van der Waals surface area (Å²) in [7, 11) is 1.66. The first kappa shape index (κ1) is 17.9. The summed E-state index contributed by atoms with van der Waals surface area (Å²) in [6.07, 6.45) is 2.87. The molecule has 1 atom stereocenters. The summed E-state index contributed by atoms with van der Waals surface area (Å²) in [6, 6.07) is 10.1. The van der Waals surface area contributed by atoms with Crippen LogP contribution in [0.1, 0.15) is 41.3 Å². The van der Waals surface area contributed by atoms with Crippen LogP contribution in [0.5, 0.6) is 5.75 Å². The smallest absolute Gasteiger partial charge is 0.182 e. The van der Waals surface area contributed by atoms with Gasteiger partial charge in [-0.05, 0) is 67.7 Å². The molecule has 1 aliphatic carbocycles. The molecule has 0 radical (unpaired) electrons. The molecule has 1 N–H and O–H groups in total. The van der Waals surface area contributed by atoms with Crippen LogP contribution in [0.4, 0.5) is 8.78 Å². The van der Waals surface area contributed by atoms with E-state index in [9.17, 15) is 8.78 Å². The summed E-state index contributed by atoms with van der Waals surface area (Å²) in [6.45, 7) is 2.01. The maximum Gasteiger partial charge on any atom is 0.182 e. The van der Waals surface area contributed by atoms with Gasteiger partial charge in [0.2, 0.25) is 0 Å². The van der Waals surface area contributed by atoms with Crippen LogP contribution in [0.15, 0.2) is 36.4 Å². The number of H-pyrrole nitrogens is 1. The molecular formula is C21H20F2N2OS. The predicted molar refractivity (Wildman–Crippen MR) is 103 cm³/mol. The lowest BCUT2D eigenvalue weighted by atomic mass is 9.84. The number of ether oxygens (including phenoxy) is 1. The van der Waals surface area contributed by atoms with Gasteiger partial charge in [-0.3, -0.25) is 4.57 Å². The zero-order valence-electron chi connectivity index (χ0n) is 15.2. The minimum Gasteiger partial charge on any atom is -0.496 e. The molecule has 1 aromatic heterocycles. The predicted octanol–water partition coefficient (Wildman–Crippen LogP) is 5.60. The Hall–Kier alpha value is -2.47. The number of aromatic nitrogens is 2. The summed E-state index contributed by atoms with van der Waals surface area (Å²) in [4.78, 5) is 3.27. The average Bonchev–Trinajstić information content (AvgIpc) is 3.00. The van der Waals surface area contributed by atoms with E-state index in [-0.39, 0.29) is 5.92 Å². The van der Waals surface area contributed by atoms with Crippen molar-refractivity contribution < 1.29 is 13.5 Å². The number of nitrogens with zero attached hydrogens (tertiary/aromatic N) is 1. The average molecular weight is 386 g/mol. The van der Waals surface area contributed by atoms with Gasteiger partial charge in [-0.1, -0.05) is 12.1 Å². The first-order valence-electron chi connectivity index (χ1n) is 8.93. The van der Waals surface area contributed by atoms with E-state index >= 15 is 0 Å². The van der Waals surface area contributed by atoms with Crippen molar-refractivity contribution in [2.45, 2.75) is 32.1 Å². The number of aryl methyl sites for hydroxylation is 2. The van der Waals surface area contributed by atoms with Crippen LogP contribution < -0.4 is 4.74 Å². The van der Waals surface area contributed by atoms with Gasteiger partial charge in [0, 0.05) is 17.7 Å². The minimum absolute atomic E-state index is 0.101. The molecule has 27 heavy (non-hydrogen) atoms. The lowest BCUT2D eigenvalue weighted by Gasteiger charge is -2.25. The Morgan fingerprint density at radius 2 is 1.96 bits per heavy atom. The number of benzene rings is 2. The molecule has 0 spiro atoms. The number of hydrogen-bond acceptors (Lipinski definition) is 2. The number of nitrogens with one attached hydrogen (secondary N) is 1. The highest BCUT2D eigenvalue weighted by atomic mass is 32.1. The maximum atomic E-state index is 13.8. The monoisotopic (exact) mass is 386 g/mol. The van der Waals surface area contributed by atoms with Crippen molar-refractivity contribution in [2.75, 3.05) is 7.11 Å². The van der Waals surface area contributed by atoms with Gasteiger partial charge in [0.25, 0.3) is 0 Å². The van der Waals surface area contributed by atoms with E-state index in [4.69, 9.17) is 17.0 Å². The number of fused-ring (bicyclic) bond motifs is 1. The number of rotatable bonds is 3. The lowest BCUT2D eigenvalue weighted by molar-refractivity contribution is 0.410. The van der Waals surface area contributed by atoms with Gasteiger partial charge < -0.3 is 9.72 Å². The fourth-order valence-electron chi connectivity index (χ4n) is 3.93. The normalized spacial score (nSPS) is 16.2. The van der Waals surface area contributed by atoms with Crippen molar-refractivity contribution in [3.05, 3.63) is 75.3 Å². The summed E-state index contributed by atoms with van der Waals surface area (Å²) < 4.78 is 35.1. The molecule has 0 amide bonds. The fourth-order valence-corrected chi connectivity index (χ4v) is 4.26. The Balaban J connectivity index is 1.89. The van der Waals surface area contributed by atoms with E-state index in [2.05, 4.69) is 17.1 Å². The van der Waals surface area contributed by atoms with Crippen molar-refractivity contribution in [1.29, 1.82) is 0 Å². The van der Waals surface area contributed by atoms with E-state index in [1.165, 1.54) is 6.07 Å². The molecule has 1 heterocycles. The summed E-state index contributed by atoms with van der Waals surface area (Å²) in [5.41, 5.74) is 4.80. The molecule has 0 saturated heterocycles. The molecule has 3 nitrogen and oxygen atoms in total. The van der Waals surface area contributed by atoms with E-state index in [0.717, 1.165) is 53.6 Å². The Kier molecular flexibility index (Phi) is 4.60. The van der Waals surface area contributed by atoms with Crippen LogP contribution in [0.25, 0.3) is 5.69 Å². The number of imidazole rings is 1. The van der Waals surface area contributed by atoms with Crippen LogP contribution in [0, 0.1) is 23.3 Å². The minimum atomic E-state index is -0.881. The first-order chi connectivity index (χ1) is 13.0. The molecule has 2 aromatic carbocycles. The number of aromatic amines is 1. The molecule has 0 bridgehead atoms. The second kappa shape index (κ2) is 6.93. The van der Waals surface area contributed by atoms with Crippen molar-refractivity contribution in [3.63, 3.8) is 0 Å². The molecule has 6 heteroatoms. The third-order valence-corrected chi connectivity index (χ3v) is 5.54. The zero-order valence-corrected chi connectivity index (χ0v) is 16.0. The molecule has 0 fully saturated rings. The fraction of sp³-hybridized carbons (Fsp3) is 0.286. The Morgan fingerprint density at radius 3 is 2.70 bits per heavy atom. The standard InChI is InChI=1S/C21H20F2N2OS/c1-12-6-7-13(10-19(12)26-2)15-4-3-5-18-20(15)25(21(27)24-18)14-8-9-16(22)17(23)11-14/h6-11,15H,3-5H2,1-2H3,(H,24,27). The largest absolute Gasteiger partial charge is 0.496 e. The molecule has 0 aliphatic heterocycles. The molecule has 140 valence electrons. The quantitative estimate of drug-likeness (QED) is 0.594. The van der Waals surface area contributed by atoms with Gasteiger partial charge in [-0.15, -0.1) is 0 Å². The summed E-state index contributed by atoms with van der Waals surface area (Å²) in [5, 5.41) is 0. The van der Waals surface area contributed by atoms with Crippen LogP contribution in [-0.2, 0) is 6.42 Å². The molecular weight excluding hydrogens is 366 g/mol. The molecule has 1 unspecified atom stereocenters. The van der Waals surface area contributed by atoms with E-state index in [0.29, 0.717) is 10.5 Å². The van der Waals surface area contributed by atoms with Gasteiger partial charge in [0.1, 0.15) is 5.75 Å². The maximum absolute atomic E-state index is 13.8. The van der Waals surface area contributed by atoms with Crippen molar-refractivity contribution in [1.82, 2.24) is 9.55 Å². The summed E-state index contributed by atoms with van der Waals surface area (Å²) >= 11 is 5.52. The van der Waals surface area contributed by atoms with Crippen LogP contribution in [-0.4, -0.2) is 16.7 Å². The second-order valence-corrected chi connectivity index (χ2v) is 7.29.